The largest absolute Gasteiger partial charge is 0.497 e. The molecule has 2 nitrogen and oxygen atoms in total. The van der Waals surface area contributed by atoms with Gasteiger partial charge in [-0.3, -0.25) is 0 Å². The van der Waals surface area contributed by atoms with Gasteiger partial charge in [-0.15, -0.1) is 0 Å². The normalized spacial score (nSPS) is 10.1. The summed E-state index contributed by atoms with van der Waals surface area (Å²) in [5, 5.41) is 5.53. The van der Waals surface area contributed by atoms with Gasteiger partial charge in [0.2, 0.25) is 0 Å². The van der Waals surface area contributed by atoms with Crippen LogP contribution < -0.4 is 10.1 Å². The Hall–Kier alpha value is -1.70. The van der Waals surface area contributed by atoms with Crippen molar-refractivity contribution in [1.29, 1.82) is 0 Å². The van der Waals surface area contributed by atoms with Crippen LogP contribution >= 0.6 is 0 Å². The minimum absolute atomic E-state index is 0.894. The molecule has 0 atom stereocenters. The monoisotopic (exact) mass is 187 g/mol. The van der Waals surface area contributed by atoms with Gasteiger partial charge in [0.1, 0.15) is 5.75 Å². The first-order valence-corrected chi connectivity index (χ1v) is 4.59. The van der Waals surface area contributed by atoms with Crippen molar-refractivity contribution in [3.8, 4) is 5.75 Å². The van der Waals surface area contributed by atoms with Gasteiger partial charge in [0.05, 0.1) is 7.11 Å². The molecule has 0 saturated heterocycles. The van der Waals surface area contributed by atoms with Crippen molar-refractivity contribution in [1.82, 2.24) is 0 Å². The molecule has 2 aromatic rings. The predicted molar refractivity (Wildman–Crippen MR) is 60.0 cm³/mol. The molecule has 0 aromatic heterocycles. The van der Waals surface area contributed by atoms with Crippen LogP contribution in [-0.2, 0) is 0 Å². The maximum atomic E-state index is 5.18. The lowest BCUT2D eigenvalue weighted by molar-refractivity contribution is 0.415. The van der Waals surface area contributed by atoms with Crippen molar-refractivity contribution >= 4 is 16.5 Å². The van der Waals surface area contributed by atoms with E-state index >= 15 is 0 Å². The summed E-state index contributed by atoms with van der Waals surface area (Å²) in [6, 6.07) is 12.3. The Labute approximate surface area is 83.5 Å². The molecule has 0 spiro atoms. The van der Waals surface area contributed by atoms with Gasteiger partial charge in [0, 0.05) is 12.7 Å². The predicted octanol–water partition coefficient (Wildman–Crippen LogP) is 2.89. The molecule has 2 rings (SSSR count). The highest BCUT2D eigenvalue weighted by molar-refractivity contribution is 5.86. The van der Waals surface area contributed by atoms with Gasteiger partial charge in [-0.2, -0.15) is 0 Å². The van der Waals surface area contributed by atoms with E-state index < -0.39 is 0 Å². The zero-order valence-electron chi connectivity index (χ0n) is 8.37. The lowest BCUT2D eigenvalue weighted by Gasteiger charge is -2.04. The topological polar surface area (TPSA) is 21.3 Å². The van der Waals surface area contributed by atoms with E-state index in [1.165, 1.54) is 10.8 Å². The third-order valence-corrected chi connectivity index (χ3v) is 2.34. The Kier molecular flexibility index (Phi) is 2.27. The van der Waals surface area contributed by atoms with E-state index in [1.54, 1.807) is 7.11 Å². The van der Waals surface area contributed by atoms with Gasteiger partial charge in [-0.05, 0) is 35.0 Å². The van der Waals surface area contributed by atoms with Crippen molar-refractivity contribution in [2.24, 2.45) is 0 Å². The number of fused-ring (bicyclic) bond motifs is 1. The minimum Gasteiger partial charge on any atom is -0.497 e. The van der Waals surface area contributed by atoms with E-state index in [0.29, 0.717) is 0 Å². The molecule has 2 heteroatoms. The van der Waals surface area contributed by atoms with E-state index in [2.05, 4.69) is 29.6 Å². The first kappa shape index (κ1) is 8.88. The summed E-state index contributed by atoms with van der Waals surface area (Å²) in [5.41, 5.74) is 1.12. The third kappa shape index (κ3) is 1.51. The van der Waals surface area contributed by atoms with Crippen LogP contribution in [0.15, 0.2) is 36.4 Å². The highest BCUT2D eigenvalue weighted by Crippen LogP contribution is 2.23. The van der Waals surface area contributed by atoms with Gasteiger partial charge in [0.15, 0.2) is 0 Å². The molecular formula is C12H13NO. The quantitative estimate of drug-likeness (QED) is 0.780. The van der Waals surface area contributed by atoms with Crippen molar-refractivity contribution in [2.75, 3.05) is 19.5 Å². The van der Waals surface area contributed by atoms with Gasteiger partial charge < -0.3 is 10.1 Å². The number of methoxy groups -OCH3 is 1. The van der Waals surface area contributed by atoms with Crippen molar-refractivity contribution in [3.63, 3.8) is 0 Å². The number of hydrogen-bond acceptors (Lipinski definition) is 2. The Balaban J connectivity index is 2.60. The Bertz CT molecular complexity index is 412. The molecule has 0 fully saturated rings. The maximum Gasteiger partial charge on any atom is 0.119 e. The van der Waals surface area contributed by atoms with Crippen molar-refractivity contribution in [2.45, 2.75) is 0 Å². The number of rotatable bonds is 2. The van der Waals surface area contributed by atoms with Crippen LogP contribution in [0.25, 0.3) is 10.8 Å². The smallest absolute Gasteiger partial charge is 0.119 e. The summed E-state index contributed by atoms with van der Waals surface area (Å²) in [6.07, 6.45) is 0. The SMILES string of the molecule is CNc1ccc2ccc(OC)cc2c1. The fourth-order valence-electron chi connectivity index (χ4n) is 1.51. The van der Waals surface area contributed by atoms with E-state index in [0.717, 1.165) is 11.4 Å². The average Bonchev–Trinajstić information content (AvgIpc) is 2.27. The highest BCUT2D eigenvalue weighted by atomic mass is 16.5. The lowest BCUT2D eigenvalue weighted by Crippen LogP contribution is -1.87. The fourth-order valence-corrected chi connectivity index (χ4v) is 1.51. The summed E-state index contributed by atoms with van der Waals surface area (Å²) in [4.78, 5) is 0. The molecule has 2 aromatic carbocycles. The van der Waals surface area contributed by atoms with Crippen molar-refractivity contribution in [3.05, 3.63) is 36.4 Å². The van der Waals surface area contributed by atoms with Crippen LogP contribution in [-0.4, -0.2) is 14.2 Å². The molecule has 0 radical (unpaired) electrons. The summed E-state index contributed by atoms with van der Waals surface area (Å²) < 4.78 is 5.18. The first-order valence-electron chi connectivity index (χ1n) is 4.59. The van der Waals surface area contributed by atoms with Gasteiger partial charge in [-0.1, -0.05) is 12.1 Å². The third-order valence-electron chi connectivity index (χ3n) is 2.34. The molecule has 0 unspecified atom stereocenters. The van der Waals surface area contributed by atoms with Crippen LogP contribution in [0.3, 0.4) is 0 Å². The van der Waals surface area contributed by atoms with E-state index in [1.807, 2.05) is 19.2 Å². The first-order chi connectivity index (χ1) is 6.83. The summed E-state index contributed by atoms with van der Waals surface area (Å²) in [7, 11) is 3.60. The Morgan fingerprint density at radius 3 is 2.50 bits per heavy atom. The van der Waals surface area contributed by atoms with E-state index in [-0.39, 0.29) is 0 Å². The van der Waals surface area contributed by atoms with Crippen molar-refractivity contribution < 1.29 is 4.74 Å². The second kappa shape index (κ2) is 3.58. The molecule has 0 amide bonds. The average molecular weight is 187 g/mol. The standard InChI is InChI=1S/C12H13NO/c1-13-11-5-3-9-4-6-12(14-2)8-10(9)7-11/h3-8,13H,1-2H3. The Morgan fingerprint density at radius 2 is 1.79 bits per heavy atom. The molecule has 0 saturated carbocycles. The van der Waals surface area contributed by atoms with Crippen LogP contribution in [0, 0.1) is 0 Å². The molecule has 0 aliphatic carbocycles. The Morgan fingerprint density at radius 1 is 1.00 bits per heavy atom. The number of hydrogen-bond donors (Lipinski definition) is 1. The van der Waals surface area contributed by atoms with Crippen LogP contribution in [0.5, 0.6) is 5.75 Å². The van der Waals surface area contributed by atoms with Gasteiger partial charge in [0.25, 0.3) is 0 Å². The molecule has 0 heterocycles. The second-order valence-electron chi connectivity index (χ2n) is 3.18. The number of nitrogens with one attached hydrogen (secondary N) is 1. The van der Waals surface area contributed by atoms with Crippen LogP contribution in [0.2, 0.25) is 0 Å². The minimum atomic E-state index is 0.894. The summed E-state index contributed by atoms with van der Waals surface area (Å²) in [5.74, 6) is 0.894. The summed E-state index contributed by atoms with van der Waals surface area (Å²) in [6.45, 7) is 0. The van der Waals surface area contributed by atoms with Gasteiger partial charge in [-0.25, -0.2) is 0 Å². The zero-order valence-corrected chi connectivity index (χ0v) is 8.37. The molecular weight excluding hydrogens is 174 g/mol. The summed E-state index contributed by atoms with van der Waals surface area (Å²) >= 11 is 0. The second-order valence-corrected chi connectivity index (χ2v) is 3.18. The van der Waals surface area contributed by atoms with E-state index in [4.69, 9.17) is 4.74 Å². The molecule has 1 N–H and O–H groups in total. The highest BCUT2D eigenvalue weighted by Gasteiger charge is 1.97. The molecule has 14 heavy (non-hydrogen) atoms. The number of ether oxygens (including phenoxy) is 1. The van der Waals surface area contributed by atoms with Crippen LogP contribution in [0.4, 0.5) is 5.69 Å². The fraction of sp³-hybridized carbons (Fsp3) is 0.167. The van der Waals surface area contributed by atoms with Crippen LogP contribution in [0.1, 0.15) is 0 Å². The molecule has 0 bridgehead atoms. The number of anilines is 1. The lowest BCUT2D eigenvalue weighted by atomic mass is 10.1. The molecule has 0 aliphatic heterocycles. The molecule has 72 valence electrons. The number of benzene rings is 2. The van der Waals surface area contributed by atoms with E-state index in [9.17, 15) is 0 Å². The van der Waals surface area contributed by atoms with Gasteiger partial charge >= 0.3 is 0 Å². The molecule has 0 aliphatic rings. The maximum absolute atomic E-state index is 5.18. The zero-order chi connectivity index (χ0) is 9.97.